The Balaban J connectivity index is 2.84. The minimum Gasteiger partial charge on any atom is -0.357 e. The molecule has 0 heterocycles. The van der Waals surface area contributed by atoms with Gasteiger partial charge in [0, 0.05) is 7.05 Å². The number of likely N-dealkylation sites (N-methyl/N-ethyl adjacent to an activating group) is 1. The molecule has 1 aromatic rings. The first-order valence-electron chi connectivity index (χ1n) is 5.25. The second kappa shape index (κ2) is 5.43. The molecule has 2 N–H and O–H groups in total. The number of rotatable bonds is 3. The van der Waals surface area contributed by atoms with Crippen molar-refractivity contribution < 1.29 is 14.0 Å². The number of carbonyl (C=O) groups is 2. The Kier molecular flexibility index (Phi) is 4.20. The van der Waals surface area contributed by atoms with Crippen LogP contribution in [0.4, 0.5) is 4.39 Å². The van der Waals surface area contributed by atoms with Gasteiger partial charge in [0.1, 0.15) is 11.9 Å². The van der Waals surface area contributed by atoms with Crippen molar-refractivity contribution in [2.24, 2.45) is 0 Å². The van der Waals surface area contributed by atoms with E-state index in [0.29, 0.717) is 5.56 Å². The summed E-state index contributed by atoms with van der Waals surface area (Å²) in [5.41, 5.74) is 0.339. The van der Waals surface area contributed by atoms with Gasteiger partial charge in [0.2, 0.25) is 5.91 Å². The molecule has 0 fully saturated rings. The Morgan fingerprint density at radius 2 is 2.00 bits per heavy atom. The largest absolute Gasteiger partial charge is 0.357 e. The summed E-state index contributed by atoms with van der Waals surface area (Å²) >= 11 is 0. The Bertz CT molecular complexity index is 446. The number of benzene rings is 1. The van der Waals surface area contributed by atoms with Crippen molar-refractivity contribution in [3.05, 3.63) is 35.1 Å². The van der Waals surface area contributed by atoms with Crippen LogP contribution >= 0.6 is 0 Å². The fourth-order valence-corrected chi connectivity index (χ4v) is 1.38. The molecule has 1 atom stereocenters. The molecule has 4 nitrogen and oxygen atoms in total. The maximum absolute atomic E-state index is 13.6. The van der Waals surface area contributed by atoms with Gasteiger partial charge in [-0.3, -0.25) is 9.59 Å². The van der Waals surface area contributed by atoms with Crippen molar-refractivity contribution in [3.63, 3.8) is 0 Å². The smallest absolute Gasteiger partial charge is 0.254 e. The van der Waals surface area contributed by atoms with Gasteiger partial charge in [0.05, 0.1) is 5.56 Å². The first-order chi connectivity index (χ1) is 7.97. The van der Waals surface area contributed by atoms with Gasteiger partial charge in [-0.2, -0.15) is 0 Å². The van der Waals surface area contributed by atoms with Gasteiger partial charge >= 0.3 is 0 Å². The molecule has 0 spiro atoms. The zero-order chi connectivity index (χ0) is 13.0. The average molecular weight is 238 g/mol. The zero-order valence-corrected chi connectivity index (χ0v) is 10.0. The van der Waals surface area contributed by atoms with Gasteiger partial charge in [-0.1, -0.05) is 12.1 Å². The number of hydrogen-bond acceptors (Lipinski definition) is 2. The molecule has 0 aliphatic rings. The molecule has 1 aromatic carbocycles. The van der Waals surface area contributed by atoms with Crippen LogP contribution in [0.1, 0.15) is 22.8 Å². The van der Waals surface area contributed by atoms with E-state index in [1.54, 1.807) is 19.1 Å². The summed E-state index contributed by atoms with van der Waals surface area (Å²) in [4.78, 5) is 22.9. The fraction of sp³-hybridized carbons (Fsp3) is 0.333. The highest BCUT2D eigenvalue weighted by Gasteiger charge is 2.18. The summed E-state index contributed by atoms with van der Waals surface area (Å²) in [5.74, 6) is -1.48. The molecule has 0 aromatic heterocycles. The van der Waals surface area contributed by atoms with E-state index in [-0.39, 0.29) is 11.5 Å². The van der Waals surface area contributed by atoms with Crippen molar-refractivity contribution in [1.29, 1.82) is 0 Å². The standard InChI is InChI=1S/C12H15FN2O2/c1-7-5-4-6-9(10(7)13)12(17)15-8(2)11(16)14-3/h4-6,8H,1-3H3,(H,14,16)(H,15,17). The van der Waals surface area contributed by atoms with Crippen LogP contribution in [0.15, 0.2) is 18.2 Å². The van der Waals surface area contributed by atoms with Crippen LogP contribution in [0.2, 0.25) is 0 Å². The third-order valence-electron chi connectivity index (χ3n) is 2.42. The molecule has 0 radical (unpaired) electrons. The molecule has 0 aliphatic carbocycles. The monoisotopic (exact) mass is 238 g/mol. The van der Waals surface area contributed by atoms with Crippen LogP contribution in [0.3, 0.4) is 0 Å². The number of nitrogens with one attached hydrogen (secondary N) is 2. The zero-order valence-electron chi connectivity index (χ0n) is 10.0. The molecular weight excluding hydrogens is 223 g/mol. The molecule has 92 valence electrons. The minimum absolute atomic E-state index is 0.0549. The first-order valence-corrected chi connectivity index (χ1v) is 5.25. The van der Waals surface area contributed by atoms with Crippen molar-refractivity contribution in [2.45, 2.75) is 19.9 Å². The first kappa shape index (κ1) is 13.2. The summed E-state index contributed by atoms with van der Waals surface area (Å²) in [6, 6.07) is 3.85. The molecular formula is C12H15FN2O2. The molecule has 0 saturated carbocycles. The van der Waals surface area contributed by atoms with Crippen molar-refractivity contribution in [2.75, 3.05) is 7.05 Å². The summed E-state index contributed by atoms with van der Waals surface area (Å²) in [5, 5.41) is 4.82. The van der Waals surface area contributed by atoms with E-state index >= 15 is 0 Å². The molecule has 1 rings (SSSR count). The summed E-state index contributed by atoms with van der Waals surface area (Å²) in [6.45, 7) is 3.11. The van der Waals surface area contributed by atoms with Crippen LogP contribution < -0.4 is 10.6 Å². The second-order valence-electron chi connectivity index (χ2n) is 3.75. The highest BCUT2D eigenvalue weighted by Crippen LogP contribution is 2.11. The number of halogens is 1. The van der Waals surface area contributed by atoms with Crippen molar-refractivity contribution in [1.82, 2.24) is 10.6 Å². The number of aryl methyl sites for hydroxylation is 1. The lowest BCUT2D eigenvalue weighted by Gasteiger charge is -2.13. The van der Waals surface area contributed by atoms with Gasteiger partial charge in [-0.15, -0.1) is 0 Å². The molecule has 2 amide bonds. The number of carbonyl (C=O) groups excluding carboxylic acids is 2. The Hall–Kier alpha value is -1.91. The third kappa shape index (κ3) is 3.03. The number of hydrogen-bond donors (Lipinski definition) is 2. The molecule has 1 unspecified atom stereocenters. The quantitative estimate of drug-likeness (QED) is 0.825. The van der Waals surface area contributed by atoms with Gasteiger partial charge in [0.15, 0.2) is 0 Å². The van der Waals surface area contributed by atoms with E-state index < -0.39 is 17.8 Å². The van der Waals surface area contributed by atoms with Crippen LogP contribution in [0, 0.1) is 12.7 Å². The lowest BCUT2D eigenvalue weighted by molar-refractivity contribution is -0.122. The van der Waals surface area contributed by atoms with Crippen LogP contribution in [-0.4, -0.2) is 24.9 Å². The van der Waals surface area contributed by atoms with Gasteiger partial charge in [0.25, 0.3) is 5.91 Å². The van der Waals surface area contributed by atoms with Gasteiger partial charge in [-0.25, -0.2) is 4.39 Å². The SMILES string of the molecule is CNC(=O)C(C)NC(=O)c1cccc(C)c1F. The molecule has 17 heavy (non-hydrogen) atoms. The Morgan fingerprint density at radius 1 is 1.35 bits per heavy atom. The maximum atomic E-state index is 13.6. The Morgan fingerprint density at radius 3 is 2.59 bits per heavy atom. The van der Waals surface area contributed by atoms with E-state index in [1.165, 1.54) is 20.0 Å². The summed E-state index contributed by atoms with van der Waals surface area (Å²) in [6.07, 6.45) is 0. The Labute approximate surface area is 99.2 Å². The van der Waals surface area contributed by atoms with E-state index in [9.17, 15) is 14.0 Å². The topological polar surface area (TPSA) is 58.2 Å². The normalized spacial score (nSPS) is 11.8. The molecule has 5 heteroatoms. The predicted molar refractivity (Wildman–Crippen MR) is 62.1 cm³/mol. The van der Waals surface area contributed by atoms with Crippen molar-refractivity contribution in [3.8, 4) is 0 Å². The molecule has 0 saturated heterocycles. The molecule has 0 aliphatic heterocycles. The lowest BCUT2D eigenvalue weighted by Crippen LogP contribution is -2.43. The molecule has 0 bridgehead atoms. The maximum Gasteiger partial charge on any atom is 0.254 e. The summed E-state index contributed by atoms with van der Waals surface area (Å²) in [7, 11) is 1.47. The van der Waals surface area contributed by atoms with E-state index in [0.717, 1.165) is 0 Å². The van der Waals surface area contributed by atoms with E-state index in [1.807, 2.05) is 0 Å². The average Bonchev–Trinajstić information content (AvgIpc) is 2.31. The van der Waals surface area contributed by atoms with E-state index in [2.05, 4.69) is 10.6 Å². The fourth-order valence-electron chi connectivity index (χ4n) is 1.38. The summed E-state index contributed by atoms with van der Waals surface area (Å²) < 4.78 is 13.6. The number of amides is 2. The highest BCUT2D eigenvalue weighted by atomic mass is 19.1. The van der Waals surface area contributed by atoms with Crippen LogP contribution in [0.25, 0.3) is 0 Å². The predicted octanol–water partition coefficient (Wildman–Crippen LogP) is 0.998. The third-order valence-corrected chi connectivity index (χ3v) is 2.42. The van der Waals surface area contributed by atoms with Crippen LogP contribution in [-0.2, 0) is 4.79 Å². The second-order valence-corrected chi connectivity index (χ2v) is 3.75. The lowest BCUT2D eigenvalue weighted by atomic mass is 10.1. The van der Waals surface area contributed by atoms with Gasteiger partial charge in [-0.05, 0) is 25.5 Å². The minimum atomic E-state index is -0.701. The van der Waals surface area contributed by atoms with Crippen molar-refractivity contribution >= 4 is 11.8 Å². The highest BCUT2D eigenvalue weighted by molar-refractivity contribution is 5.97. The van der Waals surface area contributed by atoms with Crippen LogP contribution in [0.5, 0.6) is 0 Å². The van der Waals surface area contributed by atoms with Gasteiger partial charge < -0.3 is 10.6 Å². The van der Waals surface area contributed by atoms with E-state index in [4.69, 9.17) is 0 Å².